The van der Waals surface area contributed by atoms with Gasteiger partial charge in [-0.25, -0.2) is 0 Å². The molecular weight excluding hydrogens is 232 g/mol. The zero-order valence-corrected chi connectivity index (χ0v) is 12.9. The van der Waals surface area contributed by atoms with Crippen molar-refractivity contribution in [3.8, 4) is 0 Å². The fraction of sp³-hybridized carbons (Fsp3) is 0.647. The molecule has 1 heterocycles. The van der Waals surface area contributed by atoms with Crippen LogP contribution in [0.15, 0.2) is 12.1 Å². The summed E-state index contributed by atoms with van der Waals surface area (Å²) < 4.78 is 0. The number of hydrogen-bond donors (Lipinski definition) is 1. The summed E-state index contributed by atoms with van der Waals surface area (Å²) in [6.07, 6.45) is 3.76. The summed E-state index contributed by atoms with van der Waals surface area (Å²) in [6.45, 7) is 10.2. The number of nitrogens with one attached hydrogen (secondary N) is 1. The molecule has 1 N–H and O–H groups in total. The van der Waals surface area contributed by atoms with Crippen LogP contribution in [-0.2, 0) is 6.42 Å². The van der Waals surface area contributed by atoms with Gasteiger partial charge in [0.05, 0.1) is 0 Å². The highest BCUT2D eigenvalue weighted by Crippen LogP contribution is 2.17. The van der Waals surface area contributed by atoms with Gasteiger partial charge in [0.25, 0.3) is 0 Å². The van der Waals surface area contributed by atoms with Crippen molar-refractivity contribution < 1.29 is 0 Å². The van der Waals surface area contributed by atoms with Crippen molar-refractivity contribution in [3.63, 3.8) is 0 Å². The van der Waals surface area contributed by atoms with Crippen LogP contribution in [0.1, 0.15) is 35.1 Å². The number of hydrogen-bond acceptors (Lipinski definition) is 2. The Bertz CT molecular complexity index is 420. The minimum absolute atomic E-state index is 0.771. The summed E-state index contributed by atoms with van der Waals surface area (Å²) in [5.74, 6) is 0. The number of piperidine rings is 1. The van der Waals surface area contributed by atoms with Crippen molar-refractivity contribution in [2.24, 2.45) is 0 Å². The summed E-state index contributed by atoms with van der Waals surface area (Å²) in [6, 6.07) is 5.48. The molecule has 0 aromatic heterocycles. The molecular formula is C17H28N2. The van der Waals surface area contributed by atoms with Crippen molar-refractivity contribution >= 4 is 0 Å². The Balaban J connectivity index is 1.92. The van der Waals surface area contributed by atoms with Gasteiger partial charge in [-0.05, 0) is 82.4 Å². The highest BCUT2D eigenvalue weighted by atomic mass is 15.1. The van der Waals surface area contributed by atoms with E-state index in [1.807, 2.05) is 0 Å². The molecule has 0 bridgehead atoms. The van der Waals surface area contributed by atoms with Gasteiger partial charge in [0.1, 0.15) is 0 Å². The van der Waals surface area contributed by atoms with E-state index in [9.17, 15) is 0 Å². The van der Waals surface area contributed by atoms with E-state index < -0.39 is 0 Å². The Morgan fingerprint density at radius 2 is 1.68 bits per heavy atom. The SMILES string of the molecule is Cc1cc(C)c(CCN(C)C2CCNCC2)cc1C. The van der Waals surface area contributed by atoms with Gasteiger partial charge in [-0.2, -0.15) is 0 Å². The van der Waals surface area contributed by atoms with Crippen molar-refractivity contribution in [2.45, 2.75) is 46.1 Å². The second-order valence-electron chi connectivity index (χ2n) is 6.07. The van der Waals surface area contributed by atoms with Crippen molar-refractivity contribution in [3.05, 3.63) is 34.4 Å². The smallest absolute Gasteiger partial charge is 0.0116 e. The quantitative estimate of drug-likeness (QED) is 0.895. The first-order chi connectivity index (χ1) is 9.08. The van der Waals surface area contributed by atoms with E-state index in [0.29, 0.717) is 0 Å². The standard InChI is InChI=1S/C17H28N2/c1-13-11-15(3)16(12-14(13)2)7-10-19(4)17-5-8-18-9-6-17/h11-12,17-18H,5-10H2,1-4H3. The average Bonchev–Trinajstić information content (AvgIpc) is 2.42. The van der Waals surface area contributed by atoms with E-state index >= 15 is 0 Å². The third-order valence-corrected chi connectivity index (χ3v) is 4.62. The van der Waals surface area contributed by atoms with Crippen LogP contribution >= 0.6 is 0 Å². The molecule has 1 aliphatic rings. The lowest BCUT2D eigenvalue weighted by atomic mass is 9.98. The van der Waals surface area contributed by atoms with E-state index in [1.165, 1.54) is 61.2 Å². The van der Waals surface area contributed by atoms with Gasteiger partial charge in [0.2, 0.25) is 0 Å². The number of aryl methyl sites for hydroxylation is 3. The van der Waals surface area contributed by atoms with Crippen molar-refractivity contribution in [2.75, 3.05) is 26.7 Å². The molecule has 2 rings (SSSR count). The fourth-order valence-corrected chi connectivity index (χ4v) is 3.02. The third-order valence-electron chi connectivity index (χ3n) is 4.62. The molecule has 1 aliphatic heterocycles. The van der Waals surface area contributed by atoms with E-state index in [-0.39, 0.29) is 0 Å². The van der Waals surface area contributed by atoms with E-state index in [2.05, 4.69) is 50.2 Å². The van der Waals surface area contributed by atoms with E-state index in [1.54, 1.807) is 0 Å². The van der Waals surface area contributed by atoms with Crippen LogP contribution in [0.3, 0.4) is 0 Å². The van der Waals surface area contributed by atoms with Crippen LogP contribution in [0, 0.1) is 20.8 Å². The first-order valence-electron chi connectivity index (χ1n) is 7.55. The fourth-order valence-electron chi connectivity index (χ4n) is 3.02. The Morgan fingerprint density at radius 3 is 2.37 bits per heavy atom. The molecule has 0 atom stereocenters. The first-order valence-corrected chi connectivity index (χ1v) is 7.55. The van der Waals surface area contributed by atoms with Gasteiger partial charge >= 0.3 is 0 Å². The van der Waals surface area contributed by atoms with Crippen molar-refractivity contribution in [1.82, 2.24) is 10.2 Å². The highest BCUT2D eigenvalue weighted by Gasteiger charge is 2.17. The van der Waals surface area contributed by atoms with Gasteiger partial charge < -0.3 is 10.2 Å². The Morgan fingerprint density at radius 1 is 1.05 bits per heavy atom. The lowest BCUT2D eigenvalue weighted by Crippen LogP contribution is -2.41. The zero-order valence-electron chi connectivity index (χ0n) is 12.9. The molecule has 0 unspecified atom stereocenters. The maximum atomic E-state index is 3.44. The van der Waals surface area contributed by atoms with Gasteiger partial charge in [0, 0.05) is 12.6 Å². The lowest BCUT2D eigenvalue weighted by Gasteiger charge is -2.31. The largest absolute Gasteiger partial charge is 0.317 e. The third kappa shape index (κ3) is 3.80. The van der Waals surface area contributed by atoms with Crippen LogP contribution in [-0.4, -0.2) is 37.6 Å². The molecule has 0 saturated carbocycles. The predicted octanol–water partition coefficient (Wildman–Crippen LogP) is 2.84. The topological polar surface area (TPSA) is 15.3 Å². The van der Waals surface area contributed by atoms with E-state index in [0.717, 1.165) is 6.04 Å². The summed E-state index contributed by atoms with van der Waals surface area (Å²) >= 11 is 0. The maximum Gasteiger partial charge on any atom is 0.0116 e. The minimum atomic E-state index is 0.771. The normalized spacial score (nSPS) is 17.1. The average molecular weight is 260 g/mol. The molecule has 1 aromatic rings. The number of likely N-dealkylation sites (N-methyl/N-ethyl adjacent to an activating group) is 1. The molecule has 1 aromatic carbocycles. The molecule has 1 fully saturated rings. The Labute approximate surface area is 118 Å². The second-order valence-corrected chi connectivity index (χ2v) is 6.07. The first kappa shape index (κ1) is 14.5. The molecule has 0 amide bonds. The summed E-state index contributed by atoms with van der Waals surface area (Å²) in [5, 5.41) is 3.44. The second kappa shape index (κ2) is 6.53. The van der Waals surface area contributed by atoms with Gasteiger partial charge in [0.15, 0.2) is 0 Å². The summed E-state index contributed by atoms with van der Waals surface area (Å²) in [5.41, 5.74) is 5.80. The van der Waals surface area contributed by atoms with Crippen LogP contribution in [0.25, 0.3) is 0 Å². The number of benzene rings is 1. The molecule has 19 heavy (non-hydrogen) atoms. The molecule has 1 saturated heterocycles. The van der Waals surface area contributed by atoms with Crippen LogP contribution in [0.2, 0.25) is 0 Å². The maximum absolute atomic E-state index is 3.44. The van der Waals surface area contributed by atoms with Gasteiger partial charge in [-0.15, -0.1) is 0 Å². The lowest BCUT2D eigenvalue weighted by molar-refractivity contribution is 0.201. The molecule has 2 nitrogen and oxygen atoms in total. The van der Waals surface area contributed by atoms with Crippen LogP contribution < -0.4 is 5.32 Å². The van der Waals surface area contributed by atoms with Crippen molar-refractivity contribution in [1.29, 1.82) is 0 Å². The molecule has 2 heteroatoms. The zero-order chi connectivity index (χ0) is 13.8. The van der Waals surface area contributed by atoms with Gasteiger partial charge in [-0.1, -0.05) is 12.1 Å². The molecule has 0 spiro atoms. The van der Waals surface area contributed by atoms with E-state index in [4.69, 9.17) is 0 Å². The highest BCUT2D eigenvalue weighted by molar-refractivity contribution is 5.36. The van der Waals surface area contributed by atoms with Gasteiger partial charge in [-0.3, -0.25) is 0 Å². The Hall–Kier alpha value is -0.860. The summed E-state index contributed by atoms with van der Waals surface area (Å²) in [4.78, 5) is 2.55. The molecule has 106 valence electrons. The van der Waals surface area contributed by atoms with Crippen LogP contribution in [0.5, 0.6) is 0 Å². The number of rotatable bonds is 4. The monoisotopic (exact) mass is 260 g/mol. The number of nitrogens with zero attached hydrogens (tertiary/aromatic N) is 1. The molecule has 0 aliphatic carbocycles. The molecule has 0 radical (unpaired) electrons. The Kier molecular flexibility index (Phi) is 5.00. The predicted molar refractivity (Wildman–Crippen MR) is 82.9 cm³/mol. The minimum Gasteiger partial charge on any atom is -0.317 e. The summed E-state index contributed by atoms with van der Waals surface area (Å²) in [7, 11) is 2.28. The van der Waals surface area contributed by atoms with Crippen LogP contribution in [0.4, 0.5) is 0 Å².